The van der Waals surface area contributed by atoms with Crippen LogP contribution in [0.1, 0.15) is 69.9 Å². The summed E-state index contributed by atoms with van der Waals surface area (Å²) < 4.78 is 0. The van der Waals surface area contributed by atoms with Crippen LogP contribution in [0.3, 0.4) is 0 Å². The summed E-state index contributed by atoms with van der Waals surface area (Å²) in [5.41, 5.74) is 3.09. The predicted molar refractivity (Wildman–Crippen MR) is 92.8 cm³/mol. The molecule has 1 nitrogen and oxygen atoms in total. The van der Waals surface area contributed by atoms with Crippen molar-refractivity contribution in [2.75, 3.05) is 6.54 Å². The van der Waals surface area contributed by atoms with Crippen LogP contribution in [0.15, 0.2) is 24.3 Å². The van der Waals surface area contributed by atoms with Gasteiger partial charge in [-0.3, -0.25) is 0 Å². The van der Waals surface area contributed by atoms with Gasteiger partial charge in [0.05, 0.1) is 0 Å². The molecule has 1 aromatic carbocycles. The molecule has 0 bridgehead atoms. The van der Waals surface area contributed by atoms with E-state index in [2.05, 4.69) is 57.3 Å². The highest BCUT2D eigenvalue weighted by Gasteiger charge is 2.31. The Morgan fingerprint density at radius 1 is 1.19 bits per heavy atom. The van der Waals surface area contributed by atoms with Crippen molar-refractivity contribution in [3.8, 4) is 0 Å². The summed E-state index contributed by atoms with van der Waals surface area (Å²) in [7, 11) is 0. The highest BCUT2D eigenvalue weighted by molar-refractivity contribution is 5.30. The van der Waals surface area contributed by atoms with Crippen LogP contribution in [0.5, 0.6) is 0 Å². The quantitative estimate of drug-likeness (QED) is 0.749. The topological polar surface area (TPSA) is 12.0 Å². The van der Waals surface area contributed by atoms with Crippen LogP contribution >= 0.6 is 0 Å². The van der Waals surface area contributed by atoms with E-state index < -0.39 is 0 Å². The third-order valence-corrected chi connectivity index (χ3v) is 5.18. The standard InChI is InChI=1S/C20H33N/c1-5-8-17-11-12-18(14-21-15(2)3)20(13-17)19-10-7-6-9-16(19)4/h6-7,9-10,15,17-18,20-21H,5,8,11-14H2,1-4H3. The minimum atomic E-state index is 0.593. The molecule has 118 valence electrons. The van der Waals surface area contributed by atoms with Gasteiger partial charge in [0.1, 0.15) is 0 Å². The van der Waals surface area contributed by atoms with Gasteiger partial charge in [-0.1, -0.05) is 64.3 Å². The molecule has 2 rings (SSSR count). The van der Waals surface area contributed by atoms with Gasteiger partial charge >= 0.3 is 0 Å². The van der Waals surface area contributed by atoms with E-state index in [0.29, 0.717) is 6.04 Å². The lowest BCUT2D eigenvalue weighted by molar-refractivity contribution is 0.217. The third kappa shape index (κ3) is 4.57. The lowest BCUT2D eigenvalue weighted by atomic mass is 9.69. The van der Waals surface area contributed by atoms with Crippen molar-refractivity contribution in [2.45, 2.75) is 71.8 Å². The van der Waals surface area contributed by atoms with E-state index >= 15 is 0 Å². The summed E-state index contributed by atoms with van der Waals surface area (Å²) in [5.74, 6) is 2.50. The van der Waals surface area contributed by atoms with Crippen LogP contribution in [0, 0.1) is 18.8 Å². The second-order valence-corrected chi connectivity index (χ2v) is 7.25. The first kappa shape index (κ1) is 16.5. The average molecular weight is 287 g/mol. The molecule has 1 aliphatic rings. The van der Waals surface area contributed by atoms with Gasteiger partial charge in [0.2, 0.25) is 0 Å². The van der Waals surface area contributed by atoms with Crippen molar-refractivity contribution in [2.24, 2.45) is 11.8 Å². The highest BCUT2D eigenvalue weighted by atomic mass is 14.9. The van der Waals surface area contributed by atoms with Crippen molar-refractivity contribution in [3.05, 3.63) is 35.4 Å². The Kier molecular flexibility index (Phi) is 6.29. The Balaban J connectivity index is 2.14. The third-order valence-electron chi connectivity index (χ3n) is 5.18. The number of aryl methyl sites for hydroxylation is 1. The molecule has 1 heteroatoms. The van der Waals surface area contributed by atoms with E-state index in [1.807, 2.05) is 0 Å². The van der Waals surface area contributed by atoms with Gasteiger partial charge in [0.25, 0.3) is 0 Å². The number of hydrogen-bond donors (Lipinski definition) is 1. The van der Waals surface area contributed by atoms with Gasteiger partial charge in [0.15, 0.2) is 0 Å². The van der Waals surface area contributed by atoms with E-state index in [1.54, 1.807) is 5.56 Å². The Bertz CT molecular complexity index is 424. The second-order valence-electron chi connectivity index (χ2n) is 7.25. The first-order valence-corrected chi connectivity index (χ1v) is 8.90. The zero-order chi connectivity index (χ0) is 15.2. The monoisotopic (exact) mass is 287 g/mol. The van der Waals surface area contributed by atoms with Crippen LogP contribution in [0.4, 0.5) is 0 Å². The van der Waals surface area contributed by atoms with E-state index in [-0.39, 0.29) is 0 Å². The molecule has 0 aliphatic heterocycles. The summed E-state index contributed by atoms with van der Waals surface area (Å²) in [6, 6.07) is 9.64. The van der Waals surface area contributed by atoms with Crippen LogP contribution in [-0.2, 0) is 0 Å². The maximum atomic E-state index is 3.68. The smallest absolute Gasteiger partial charge is 0.00104 e. The van der Waals surface area contributed by atoms with Crippen molar-refractivity contribution in [1.82, 2.24) is 5.32 Å². The number of nitrogens with one attached hydrogen (secondary N) is 1. The number of benzene rings is 1. The van der Waals surface area contributed by atoms with E-state index in [9.17, 15) is 0 Å². The summed E-state index contributed by atoms with van der Waals surface area (Å²) in [4.78, 5) is 0. The normalized spacial score (nSPS) is 26.2. The first-order chi connectivity index (χ1) is 10.1. The molecule has 1 saturated carbocycles. The molecule has 3 atom stereocenters. The van der Waals surface area contributed by atoms with Crippen molar-refractivity contribution in [3.63, 3.8) is 0 Å². The second kappa shape index (κ2) is 7.98. The lowest BCUT2D eigenvalue weighted by Gasteiger charge is -2.38. The van der Waals surface area contributed by atoms with Gasteiger partial charge in [-0.25, -0.2) is 0 Å². The maximum Gasteiger partial charge on any atom is 0.00104 e. The van der Waals surface area contributed by atoms with Crippen LogP contribution in [0.2, 0.25) is 0 Å². The minimum Gasteiger partial charge on any atom is -0.314 e. The molecule has 1 aliphatic carbocycles. The molecule has 0 saturated heterocycles. The predicted octanol–water partition coefficient (Wildman–Crippen LogP) is 5.29. The fourth-order valence-electron chi connectivity index (χ4n) is 4.01. The average Bonchev–Trinajstić information content (AvgIpc) is 2.46. The Hall–Kier alpha value is -0.820. The van der Waals surface area contributed by atoms with Crippen LogP contribution < -0.4 is 5.32 Å². The van der Waals surface area contributed by atoms with Gasteiger partial charge < -0.3 is 5.32 Å². The largest absolute Gasteiger partial charge is 0.314 e. The molecule has 0 radical (unpaired) electrons. The van der Waals surface area contributed by atoms with E-state index in [4.69, 9.17) is 0 Å². The van der Waals surface area contributed by atoms with Gasteiger partial charge in [0, 0.05) is 6.04 Å². The summed E-state index contributed by atoms with van der Waals surface area (Å²) in [6.45, 7) is 10.3. The number of hydrogen-bond acceptors (Lipinski definition) is 1. The first-order valence-electron chi connectivity index (χ1n) is 8.90. The van der Waals surface area contributed by atoms with E-state index in [1.165, 1.54) is 44.2 Å². The molecule has 0 amide bonds. The molecule has 0 aromatic heterocycles. The maximum absolute atomic E-state index is 3.68. The molecule has 0 spiro atoms. The Morgan fingerprint density at radius 2 is 1.95 bits per heavy atom. The fourth-order valence-corrected chi connectivity index (χ4v) is 4.01. The minimum absolute atomic E-state index is 0.593. The molecule has 3 unspecified atom stereocenters. The molecule has 21 heavy (non-hydrogen) atoms. The Labute approximate surface area is 131 Å². The van der Waals surface area contributed by atoms with Crippen molar-refractivity contribution < 1.29 is 0 Å². The number of rotatable bonds is 6. The van der Waals surface area contributed by atoms with Crippen LogP contribution in [-0.4, -0.2) is 12.6 Å². The highest BCUT2D eigenvalue weighted by Crippen LogP contribution is 2.42. The fraction of sp³-hybridized carbons (Fsp3) is 0.700. The summed E-state index contributed by atoms with van der Waals surface area (Å²) >= 11 is 0. The summed E-state index contributed by atoms with van der Waals surface area (Å²) in [5, 5.41) is 3.68. The molecular formula is C20H33N. The van der Waals surface area contributed by atoms with Crippen molar-refractivity contribution in [1.29, 1.82) is 0 Å². The molecule has 1 fully saturated rings. The SMILES string of the molecule is CCCC1CCC(CNC(C)C)C(c2ccccc2C)C1. The summed E-state index contributed by atoms with van der Waals surface area (Å²) in [6.07, 6.45) is 6.96. The zero-order valence-corrected chi connectivity index (χ0v) is 14.4. The van der Waals surface area contributed by atoms with E-state index in [0.717, 1.165) is 17.8 Å². The lowest BCUT2D eigenvalue weighted by Crippen LogP contribution is -2.35. The molecule has 1 aromatic rings. The Morgan fingerprint density at radius 3 is 2.62 bits per heavy atom. The van der Waals surface area contributed by atoms with Crippen LogP contribution in [0.25, 0.3) is 0 Å². The molecule has 1 N–H and O–H groups in total. The van der Waals surface area contributed by atoms with Gasteiger partial charge in [-0.05, 0) is 55.2 Å². The van der Waals surface area contributed by atoms with Gasteiger partial charge in [-0.2, -0.15) is 0 Å². The molecule has 0 heterocycles. The van der Waals surface area contributed by atoms with Crippen molar-refractivity contribution >= 4 is 0 Å². The molecular weight excluding hydrogens is 254 g/mol. The zero-order valence-electron chi connectivity index (χ0n) is 14.4. The van der Waals surface area contributed by atoms with Gasteiger partial charge in [-0.15, -0.1) is 0 Å².